The number of amides is 1. The van der Waals surface area contributed by atoms with Gasteiger partial charge in [-0.25, -0.2) is 8.78 Å². The van der Waals surface area contributed by atoms with Crippen LogP contribution in [0.1, 0.15) is 15.9 Å². The van der Waals surface area contributed by atoms with Crippen molar-refractivity contribution in [2.75, 3.05) is 20.2 Å². The Bertz CT molecular complexity index is 656. The average Bonchev–Trinajstić information content (AvgIpc) is 2.48. The second-order valence-electron chi connectivity index (χ2n) is 5.01. The first-order valence-electron chi connectivity index (χ1n) is 6.87. The highest BCUT2D eigenvalue weighted by Crippen LogP contribution is 2.13. The predicted molar refractivity (Wildman–Crippen MR) is 80.0 cm³/mol. The van der Waals surface area contributed by atoms with Crippen molar-refractivity contribution >= 4 is 5.91 Å². The lowest BCUT2D eigenvalue weighted by Gasteiger charge is -2.18. The van der Waals surface area contributed by atoms with Gasteiger partial charge in [0.05, 0.1) is 12.1 Å². The molecule has 5 heteroatoms. The number of aryl methyl sites for hydroxylation is 1. The number of nitrogens with zero attached hydrogens (tertiary/aromatic N) is 1. The summed E-state index contributed by atoms with van der Waals surface area (Å²) in [5.41, 5.74) is 0.977. The molecule has 0 aliphatic carbocycles. The molecule has 0 saturated carbocycles. The zero-order valence-electron chi connectivity index (χ0n) is 12.5. The Kier molecular flexibility index (Phi) is 5.09. The van der Waals surface area contributed by atoms with Gasteiger partial charge in [-0.05, 0) is 31.2 Å². The van der Waals surface area contributed by atoms with Gasteiger partial charge in [0.25, 0.3) is 5.91 Å². The molecule has 0 atom stereocenters. The molecule has 0 aliphatic rings. The van der Waals surface area contributed by atoms with Crippen LogP contribution in [0.2, 0.25) is 0 Å². The fourth-order valence-electron chi connectivity index (χ4n) is 1.91. The van der Waals surface area contributed by atoms with E-state index < -0.39 is 17.5 Å². The number of rotatable bonds is 5. The molecule has 2 aromatic carbocycles. The molecule has 22 heavy (non-hydrogen) atoms. The Labute approximate surface area is 128 Å². The van der Waals surface area contributed by atoms with Crippen molar-refractivity contribution in [1.29, 1.82) is 0 Å². The molecule has 0 radical (unpaired) electrons. The summed E-state index contributed by atoms with van der Waals surface area (Å²) >= 11 is 0. The molecule has 0 spiro atoms. The highest BCUT2D eigenvalue weighted by atomic mass is 19.1. The zero-order chi connectivity index (χ0) is 16.1. The minimum Gasteiger partial charge on any atom is -0.492 e. The molecule has 2 rings (SSSR count). The average molecular weight is 305 g/mol. The second-order valence-corrected chi connectivity index (χ2v) is 5.01. The van der Waals surface area contributed by atoms with Gasteiger partial charge < -0.3 is 9.64 Å². The van der Waals surface area contributed by atoms with Crippen LogP contribution in [0.5, 0.6) is 5.75 Å². The second kappa shape index (κ2) is 7.02. The van der Waals surface area contributed by atoms with Crippen LogP contribution in [0.4, 0.5) is 8.78 Å². The van der Waals surface area contributed by atoms with Gasteiger partial charge in [-0.1, -0.05) is 17.7 Å². The van der Waals surface area contributed by atoms with Crippen LogP contribution in [-0.2, 0) is 0 Å². The van der Waals surface area contributed by atoms with Crippen molar-refractivity contribution in [3.63, 3.8) is 0 Å². The van der Waals surface area contributed by atoms with Gasteiger partial charge in [0.15, 0.2) is 0 Å². The maximum absolute atomic E-state index is 13.6. The molecule has 0 fully saturated rings. The van der Waals surface area contributed by atoms with E-state index in [0.717, 1.165) is 17.7 Å². The standard InChI is InChI=1S/C17H17F2NO2/c1-12-3-6-14(7-4-12)22-10-9-20(2)17(21)15-8-5-13(18)11-16(15)19/h3-8,11H,9-10H2,1-2H3. The number of hydrogen-bond donors (Lipinski definition) is 0. The van der Waals surface area contributed by atoms with E-state index in [4.69, 9.17) is 4.74 Å². The van der Waals surface area contributed by atoms with Crippen LogP contribution >= 0.6 is 0 Å². The van der Waals surface area contributed by atoms with E-state index in [0.29, 0.717) is 18.4 Å². The van der Waals surface area contributed by atoms with Crippen molar-refractivity contribution in [2.24, 2.45) is 0 Å². The third kappa shape index (κ3) is 4.04. The topological polar surface area (TPSA) is 29.5 Å². The normalized spacial score (nSPS) is 10.4. The summed E-state index contributed by atoms with van der Waals surface area (Å²) in [6.45, 7) is 2.56. The highest BCUT2D eigenvalue weighted by molar-refractivity contribution is 5.94. The molecule has 0 aromatic heterocycles. The molecular weight excluding hydrogens is 288 g/mol. The van der Waals surface area contributed by atoms with Gasteiger partial charge in [0, 0.05) is 13.1 Å². The smallest absolute Gasteiger partial charge is 0.256 e. The number of likely N-dealkylation sites (N-methyl/N-ethyl adjacent to an activating group) is 1. The van der Waals surface area contributed by atoms with E-state index in [1.54, 1.807) is 7.05 Å². The molecule has 3 nitrogen and oxygen atoms in total. The molecule has 116 valence electrons. The van der Waals surface area contributed by atoms with Crippen molar-refractivity contribution in [2.45, 2.75) is 6.92 Å². The molecule has 2 aromatic rings. The van der Waals surface area contributed by atoms with Crippen molar-refractivity contribution in [3.8, 4) is 5.75 Å². The van der Waals surface area contributed by atoms with E-state index in [2.05, 4.69) is 0 Å². The molecule has 0 heterocycles. The van der Waals surface area contributed by atoms with Crippen LogP contribution in [0.15, 0.2) is 42.5 Å². The minimum atomic E-state index is -0.865. The third-order valence-electron chi connectivity index (χ3n) is 3.22. The summed E-state index contributed by atoms with van der Waals surface area (Å²) in [7, 11) is 1.55. The van der Waals surface area contributed by atoms with Crippen LogP contribution in [0, 0.1) is 18.6 Å². The van der Waals surface area contributed by atoms with Gasteiger partial charge >= 0.3 is 0 Å². The molecule has 0 saturated heterocycles. The predicted octanol–water partition coefficient (Wildman–Crippen LogP) is 3.42. The minimum absolute atomic E-state index is 0.153. The van der Waals surface area contributed by atoms with Crippen molar-refractivity contribution in [3.05, 3.63) is 65.2 Å². The number of ether oxygens (including phenoxy) is 1. The summed E-state index contributed by atoms with van der Waals surface area (Å²) in [6, 6.07) is 10.4. The fraction of sp³-hybridized carbons (Fsp3) is 0.235. The third-order valence-corrected chi connectivity index (χ3v) is 3.22. The van der Waals surface area contributed by atoms with E-state index in [-0.39, 0.29) is 12.2 Å². The number of carbonyl (C=O) groups excluding carboxylic acids is 1. The Balaban J connectivity index is 1.90. The summed E-state index contributed by atoms with van der Waals surface area (Å²) in [5.74, 6) is -1.37. The first-order valence-corrected chi connectivity index (χ1v) is 6.87. The fourth-order valence-corrected chi connectivity index (χ4v) is 1.91. The van der Waals surface area contributed by atoms with Crippen LogP contribution in [0.3, 0.4) is 0 Å². The van der Waals surface area contributed by atoms with E-state index >= 15 is 0 Å². The Morgan fingerprint density at radius 3 is 2.45 bits per heavy atom. The zero-order valence-corrected chi connectivity index (χ0v) is 12.5. The van der Waals surface area contributed by atoms with Crippen LogP contribution in [0.25, 0.3) is 0 Å². The Morgan fingerprint density at radius 1 is 1.14 bits per heavy atom. The van der Waals surface area contributed by atoms with E-state index in [9.17, 15) is 13.6 Å². The van der Waals surface area contributed by atoms with Gasteiger partial charge in [-0.15, -0.1) is 0 Å². The van der Waals surface area contributed by atoms with Crippen molar-refractivity contribution < 1.29 is 18.3 Å². The molecular formula is C17H17F2NO2. The van der Waals surface area contributed by atoms with Gasteiger partial charge in [-0.2, -0.15) is 0 Å². The molecule has 0 aliphatic heterocycles. The SMILES string of the molecule is Cc1ccc(OCCN(C)C(=O)c2ccc(F)cc2F)cc1. The lowest BCUT2D eigenvalue weighted by Crippen LogP contribution is -2.31. The number of hydrogen-bond acceptors (Lipinski definition) is 2. The number of halogens is 2. The first-order chi connectivity index (χ1) is 10.5. The largest absolute Gasteiger partial charge is 0.492 e. The first kappa shape index (κ1) is 15.9. The van der Waals surface area contributed by atoms with Gasteiger partial charge in [0.1, 0.15) is 24.0 Å². The lowest BCUT2D eigenvalue weighted by molar-refractivity contribution is 0.0769. The summed E-state index contributed by atoms with van der Waals surface area (Å²) in [4.78, 5) is 13.4. The Morgan fingerprint density at radius 2 is 1.82 bits per heavy atom. The quantitative estimate of drug-likeness (QED) is 0.847. The summed E-state index contributed by atoms with van der Waals surface area (Å²) in [6.07, 6.45) is 0. The van der Waals surface area contributed by atoms with E-state index in [1.165, 1.54) is 4.90 Å². The van der Waals surface area contributed by atoms with E-state index in [1.807, 2.05) is 31.2 Å². The van der Waals surface area contributed by atoms with Gasteiger partial charge in [-0.3, -0.25) is 4.79 Å². The molecule has 1 amide bonds. The van der Waals surface area contributed by atoms with Crippen molar-refractivity contribution in [1.82, 2.24) is 4.90 Å². The maximum Gasteiger partial charge on any atom is 0.256 e. The summed E-state index contributed by atoms with van der Waals surface area (Å²) < 4.78 is 31.9. The number of carbonyl (C=O) groups is 1. The van der Waals surface area contributed by atoms with Crippen LogP contribution in [-0.4, -0.2) is 31.0 Å². The highest BCUT2D eigenvalue weighted by Gasteiger charge is 2.16. The lowest BCUT2D eigenvalue weighted by atomic mass is 10.2. The number of benzene rings is 2. The monoisotopic (exact) mass is 305 g/mol. The Hall–Kier alpha value is -2.43. The van der Waals surface area contributed by atoms with Crippen LogP contribution < -0.4 is 4.74 Å². The molecule has 0 unspecified atom stereocenters. The maximum atomic E-state index is 13.6. The summed E-state index contributed by atoms with van der Waals surface area (Å²) in [5, 5.41) is 0. The molecule has 0 bridgehead atoms. The van der Waals surface area contributed by atoms with Gasteiger partial charge in [0.2, 0.25) is 0 Å². The molecule has 0 N–H and O–H groups in total.